The molecule has 1 aliphatic heterocycles. The molecule has 15 heavy (non-hydrogen) atoms. The van der Waals surface area contributed by atoms with Crippen LogP contribution in [0, 0.1) is 0 Å². The van der Waals surface area contributed by atoms with Gasteiger partial charge < -0.3 is 15.4 Å². The monoisotopic (exact) mass is 214 g/mol. The normalized spacial score (nSPS) is 23.3. The third kappa shape index (κ3) is 3.80. The number of hydrogen-bond acceptors (Lipinski definition) is 3. The molecule has 1 fully saturated rings. The van der Waals surface area contributed by atoms with Gasteiger partial charge in [-0.25, -0.2) is 0 Å². The van der Waals surface area contributed by atoms with Crippen molar-refractivity contribution in [1.29, 1.82) is 0 Å². The molecule has 0 aromatic heterocycles. The maximum atomic E-state index is 11.8. The molecule has 0 aromatic rings. The summed E-state index contributed by atoms with van der Waals surface area (Å²) in [5.74, 6) is -0.0168. The summed E-state index contributed by atoms with van der Waals surface area (Å²) in [5.41, 5.74) is -0.722. The Labute approximate surface area is 91.8 Å². The number of carbonyl (C=O) groups is 1. The molecule has 4 heteroatoms. The summed E-state index contributed by atoms with van der Waals surface area (Å²) in [6.07, 6.45) is 3.18. The first kappa shape index (κ1) is 12.5. The van der Waals surface area contributed by atoms with E-state index in [0.717, 1.165) is 32.4 Å². The zero-order chi connectivity index (χ0) is 11.3. The fourth-order valence-electron chi connectivity index (χ4n) is 1.62. The average molecular weight is 214 g/mol. The quantitative estimate of drug-likeness (QED) is 0.726. The van der Waals surface area contributed by atoms with E-state index in [1.807, 2.05) is 0 Å². The fraction of sp³-hybridized carbons (Fsp3) is 0.909. The Hall–Kier alpha value is -0.610. The molecule has 0 aliphatic carbocycles. The van der Waals surface area contributed by atoms with Gasteiger partial charge in [-0.2, -0.15) is 0 Å². The van der Waals surface area contributed by atoms with Crippen molar-refractivity contribution in [2.24, 2.45) is 0 Å². The zero-order valence-corrected chi connectivity index (χ0v) is 9.93. The predicted octanol–water partition coefficient (Wildman–Crippen LogP) is 0.670. The lowest BCUT2D eigenvalue weighted by Crippen LogP contribution is -2.48. The van der Waals surface area contributed by atoms with E-state index >= 15 is 0 Å². The minimum atomic E-state index is -0.722. The molecular weight excluding hydrogens is 192 g/mol. The number of methoxy groups -OCH3 is 1. The molecule has 1 atom stereocenters. The van der Waals surface area contributed by atoms with E-state index < -0.39 is 5.60 Å². The van der Waals surface area contributed by atoms with Crippen molar-refractivity contribution in [2.75, 3.05) is 20.2 Å². The summed E-state index contributed by atoms with van der Waals surface area (Å²) in [5, 5.41) is 6.37. The molecule has 88 valence electrons. The highest BCUT2D eigenvalue weighted by atomic mass is 16.5. The lowest BCUT2D eigenvalue weighted by Gasteiger charge is -2.25. The van der Waals surface area contributed by atoms with Crippen LogP contribution < -0.4 is 10.6 Å². The molecular formula is C11H22N2O2. The summed E-state index contributed by atoms with van der Waals surface area (Å²) in [6, 6.07) is 0.293. The van der Waals surface area contributed by atoms with Crippen LogP contribution in [0.5, 0.6) is 0 Å². The smallest absolute Gasteiger partial charge is 0.251 e. The number of amides is 1. The third-order valence-electron chi connectivity index (χ3n) is 2.97. The highest BCUT2D eigenvalue weighted by Crippen LogP contribution is 2.11. The molecule has 0 radical (unpaired) electrons. The van der Waals surface area contributed by atoms with Crippen molar-refractivity contribution >= 4 is 5.91 Å². The first-order valence-corrected chi connectivity index (χ1v) is 5.63. The molecule has 1 saturated heterocycles. The van der Waals surface area contributed by atoms with Crippen molar-refractivity contribution < 1.29 is 9.53 Å². The van der Waals surface area contributed by atoms with Gasteiger partial charge in [0.2, 0.25) is 0 Å². The summed E-state index contributed by atoms with van der Waals surface area (Å²) in [7, 11) is 1.56. The fourth-order valence-corrected chi connectivity index (χ4v) is 1.62. The number of nitrogens with one attached hydrogen (secondary N) is 2. The summed E-state index contributed by atoms with van der Waals surface area (Å²) >= 11 is 0. The third-order valence-corrected chi connectivity index (χ3v) is 2.97. The highest BCUT2D eigenvalue weighted by molar-refractivity contribution is 5.84. The molecule has 4 nitrogen and oxygen atoms in total. The second-order valence-electron chi connectivity index (χ2n) is 4.57. The lowest BCUT2D eigenvalue weighted by atomic mass is 10.1. The summed E-state index contributed by atoms with van der Waals surface area (Å²) in [4.78, 5) is 11.8. The van der Waals surface area contributed by atoms with Crippen LogP contribution in [-0.2, 0) is 9.53 Å². The van der Waals surface area contributed by atoms with Crippen LogP contribution in [0.1, 0.15) is 33.1 Å². The van der Waals surface area contributed by atoms with Crippen LogP contribution in [0.4, 0.5) is 0 Å². The average Bonchev–Trinajstić information content (AvgIpc) is 2.46. The van der Waals surface area contributed by atoms with E-state index in [9.17, 15) is 4.79 Å². The van der Waals surface area contributed by atoms with Crippen molar-refractivity contribution in [3.63, 3.8) is 0 Å². The van der Waals surface area contributed by atoms with E-state index in [1.54, 1.807) is 21.0 Å². The van der Waals surface area contributed by atoms with Crippen molar-refractivity contribution in [3.05, 3.63) is 0 Å². The Morgan fingerprint density at radius 3 is 2.80 bits per heavy atom. The highest BCUT2D eigenvalue weighted by Gasteiger charge is 2.28. The lowest BCUT2D eigenvalue weighted by molar-refractivity contribution is -0.140. The summed E-state index contributed by atoms with van der Waals surface area (Å²) < 4.78 is 5.14. The second kappa shape index (κ2) is 5.47. The van der Waals surface area contributed by atoms with Gasteiger partial charge in [-0.15, -0.1) is 0 Å². The Morgan fingerprint density at radius 1 is 1.40 bits per heavy atom. The maximum absolute atomic E-state index is 11.8. The van der Waals surface area contributed by atoms with Gasteiger partial charge in [0.1, 0.15) is 5.60 Å². The Kier molecular flexibility index (Phi) is 4.54. The van der Waals surface area contributed by atoms with Crippen LogP contribution in [0.25, 0.3) is 0 Å². The largest absolute Gasteiger partial charge is 0.369 e. The van der Waals surface area contributed by atoms with Gasteiger partial charge >= 0.3 is 0 Å². The number of ether oxygens (including phenoxy) is 1. The van der Waals surface area contributed by atoms with Gasteiger partial charge in [-0.1, -0.05) is 0 Å². The number of hydrogen-bond donors (Lipinski definition) is 2. The molecule has 0 aromatic carbocycles. The van der Waals surface area contributed by atoms with Gasteiger partial charge in [0.05, 0.1) is 0 Å². The van der Waals surface area contributed by atoms with Gasteiger partial charge in [0, 0.05) is 13.2 Å². The van der Waals surface area contributed by atoms with Crippen molar-refractivity contribution in [1.82, 2.24) is 10.6 Å². The minimum absolute atomic E-state index is 0.0168. The molecule has 1 unspecified atom stereocenters. The molecule has 1 heterocycles. The minimum Gasteiger partial charge on any atom is -0.369 e. The van der Waals surface area contributed by atoms with Crippen molar-refractivity contribution in [2.45, 2.75) is 44.8 Å². The first-order valence-electron chi connectivity index (χ1n) is 5.63. The van der Waals surface area contributed by atoms with Crippen LogP contribution in [-0.4, -0.2) is 37.7 Å². The predicted molar refractivity (Wildman–Crippen MR) is 59.7 cm³/mol. The molecule has 1 rings (SSSR count). The van der Waals surface area contributed by atoms with E-state index in [4.69, 9.17) is 4.74 Å². The zero-order valence-electron chi connectivity index (χ0n) is 9.93. The molecule has 1 amide bonds. The standard InChI is InChI=1S/C11H22N2O2/c1-11(2,15-3)10(14)13-9-5-4-7-12-8-6-9/h9,12H,4-8H2,1-3H3,(H,13,14). The molecule has 0 saturated carbocycles. The van der Waals surface area contributed by atoms with Crippen LogP contribution in [0.2, 0.25) is 0 Å². The van der Waals surface area contributed by atoms with Gasteiger partial charge in [-0.05, 0) is 46.2 Å². The molecule has 1 aliphatic rings. The first-order chi connectivity index (χ1) is 7.06. The SMILES string of the molecule is COC(C)(C)C(=O)NC1CCCNCC1. The second-order valence-corrected chi connectivity index (χ2v) is 4.57. The Bertz CT molecular complexity index is 209. The Morgan fingerprint density at radius 2 is 2.13 bits per heavy atom. The van der Waals surface area contributed by atoms with Gasteiger partial charge in [0.25, 0.3) is 5.91 Å². The topological polar surface area (TPSA) is 50.4 Å². The van der Waals surface area contributed by atoms with Gasteiger partial charge in [-0.3, -0.25) is 4.79 Å². The number of carbonyl (C=O) groups excluding carboxylic acids is 1. The molecule has 0 bridgehead atoms. The van der Waals surface area contributed by atoms with E-state index in [-0.39, 0.29) is 5.91 Å². The van der Waals surface area contributed by atoms with E-state index in [1.165, 1.54) is 0 Å². The van der Waals surface area contributed by atoms with E-state index in [0.29, 0.717) is 6.04 Å². The van der Waals surface area contributed by atoms with Crippen molar-refractivity contribution in [3.8, 4) is 0 Å². The number of rotatable bonds is 3. The maximum Gasteiger partial charge on any atom is 0.251 e. The van der Waals surface area contributed by atoms with Gasteiger partial charge in [0.15, 0.2) is 0 Å². The molecule has 2 N–H and O–H groups in total. The molecule has 0 spiro atoms. The van der Waals surface area contributed by atoms with E-state index in [2.05, 4.69) is 10.6 Å². The van der Waals surface area contributed by atoms with Crippen LogP contribution in [0.3, 0.4) is 0 Å². The van der Waals surface area contributed by atoms with Crippen LogP contribution in [0.15, 0.2) is 0 Å². The summed E-state index contributed by atoms with van der Waals surface area (Å²) in [6.45, 7) is 5.62. The van der Waals surface area contributed by atoms with Crippen LogP contribution >= 0.6 is 0 Å². The Balaban J connectivity index is 2.42.